The van der Waals surface area contributed by atoms with Gasteiger partial charge in [-0.15, -0.1) is 0 Å². The maximum absolute atomic E-state index is 11.8. The number of amides is 1. The highest BCUT2D eigenvalue weighted by molar-refractivity contribution is 5.77. The Kier molecular flexibility index (Phi) is 8.41. The fraction of sp³-hybridized carbons (Fsp3) is 0.611. The van der Waals surface area contributed by atoms with E-state index in [0.29, 0.717) is 18.9 Å². The van der Waals surface area contributed by atoms with Crippen molar-refractivity contribution in [3.05, 3.63) is 24.3 Å². The first-order valence-electron chi connectivity index (χ1n) is 8.83. The molecular weight excluding hydrogens is 306 g/mol. The summed E-state index contributed by atoms with van der Waals surface area (Å²) in [5.41, 5.74) is 0. The van der Waals surface area contributed by atoms with Crippen LogP contribution in [-0.4, -0.2) is 63.3 Å². The molecule has 0 saturated carbocycles. The van der Waals surface area contributed by atoms with Crippen LogP contribution in [0.1, 0.15) is 19.8 Å². The van der Waals surface area contributed by atoms with Gasteiger partial charge in [0.05, 0.1) is 6.61 Å². The number of nitrogens with one attached hydrogen (secondary N) is 2. The van der Waals surface area contributed by atoms with Crippen molar-refractivity contribution >= 4 is 5.91 Å². The molecule has 0 atom stereocenters. The van der Waals surface area contributed by atoms with Crippen molar-refractivity contribution in [2.24, 2.45) is 0 Å². The van der Waals surface area contributed by atoms with Gasteiger partial charge in [-0.1, -0.05) is 6.92 Å². The fourth-order valence-corrected chi connectivity index (χ4v) is 2.52. The molecule has 6 nitrogen and oxygen atoms in total. The summed E-state index contributed by atoms with van der Waals surface area (Å²) < 4.78 is 11.0. The highest BCUT2D eigenvalue weighted by atomic mass is 16.5. The lowest BCUT2D eigenvalue weighted by Crippen LogP contribution is -2.44. The van der Waals surface area contributed by atoms with E-state index in [0.717, 1.165) is 51.3 Å². The minimum atomic E-state index is -0.0818. The lowest BCUT2D eigenvalue weighted by Gasteiger charge is -2.27. The van der Waals surface area contributed by atoms with E-state index in [1.807, 2.05) is 24.3 Å². The van der Waals surface area contributed by atoms with Crippen LogP contribution < -0.4 is 20.1 Å². The second kappa shape index (κ2) is 10.9. The Morgan fingerprint density at radius 3 is 2.50 bits per heavy atom. The van der Waals surface area contributed by atoms with Crippen LogP contribution in [0, 0.1) is 0 Å². The van der Waals surface area contributed by atoms with Crippen molar-refractivity contribution in [2.75, 3.05) is 52.5 Å². The summed E-state index contributed by atoms with van der Waals surface area (Å²) in [6.07, 6.45) is 1.95. The molecule has 1 amide bonds. The van der Waals surface area contributed by atoms with Crippen LogP contribution in [0.3, 0.4) is 0 Å². The minimum Gasteiger partial charge on any atom is -0.494 e. The monoisotopic (exact) mass is 335 g/mol. The maximum atomic E-state index is 11.8. The average molecular weight is 335 g/mol. The van der Waals surface area contributed by atoms with E-state index < -0.39 is 0 Å². The summed E-state index contributed by atoms with van der Waals surface area (Å²) in [5, 5.41) is 6.23. The van der Waals surface area contributed by atoms with Crippen LogP contribution in [0.15, 0.2) is 24.3 Å². The van der Waals surface area contributed by atoms with Gasteiger partial charge in [-0.25, -0.2) is 0 Å². The molecule has 0 unspecified atom stereocenters. The zero-order valence-corrected chi connectivity index (χ0v) is 14.6. The van der Waals surface area contributed by atoms with E-state index in [4.69, 9.17) is 9.47 Å². The van der Waals surface area contributed by atoms with Gasteiger partial charge in [0.15, 0.2) is 6.61 Å². The fourth-order valence-electron chi connectivity index (χ4n) is 2.52. The summed E-state index contributed by atoms with van der Waals surface area (Å²) in [7, 11) is 0. The van der Waals surface area contributed by atoms with Crippen molar-refractivity contribution in [3.63, 3.8) is 0 Å². The smallest absolute Gasteiger partial charge is 0.257 e. The van der Waals surface area contributed by atoms with Crippen molar-refractivity contribution in [2.45, 2.75) is 19.8 Å². The van der Waals surface area contributed by atoms with E-state index in [1.54, 1.807) is 0 Å². The second-order valence-electron chi connectivity index (χ2n) is 5.90. The van der Waals surface area contributed by atoms with E-state index in [2.05, 4.69) is 22.5 Å². The summed E-state index contributed by atoms with van der Waals surface area (Å²) in [5.74, 6) is 1.41. The molecule has 0 bridgehead atoms. The average Bonchev–Trinajstić information content (AvgIpc) is 2.63. The predicted octanol–water partition coefficient (Wildman–Crippen LogP) is 1.27. The van der Waals surface area contributed by atoms with Gasteiger partial charge in [-0.2, -0.15) is 0 Å². The summed E-state index contributed by atoms with van der Waals surface area (Å²) in [6.45, 7) is 8.84. The second-order valence-corrected chi connectivity index (χ2v) is 5.90. The van der Waals surface area contributed by atoms with Crippen molar-refractivity contribution in [1.29, 1.82) is 0 Å². The summed E-state index contributed by atoms with van der Waals surface area (Å²) in [4.78, 5) is 14.2. The van der Waals surface area contributed by atoms with Gasteiger partial charge >= 0.3 is 0 Å². The molecule has 0 aliphatic carbocycles. The van der Waals surface area contributed by atoms with E-state index in [1.165, 1.54) is 0 Å². The zero-order valence-electron chi connectivity index (χ0n) is 14.6. The normalized spacial score (nSPS) is 15.0. The highest BCUT2D eigenvalue weighted by Crippen LogP contribution is 2.17. The molecule has 134 valence electrons. The molecular formula is C18H29N3O3. The predicted molar refractivity (Wildman–Crippen MR) is 94.7 cm³/mol. The number of carbonyl (C=O) groups excluding carboxylic acids is 1. The maximum Gasteiger partial charge on any atom is 0.257 e. The molecule has 24 heavy (non-hydrogen) atoms. The molecule has 1 saturated heterocycles. The molecule has 1 aliphatic rings. The molecule has 0 aromatic heterocycles. The number of nitrogens with zero attached hydrogens (tertiary/aromatic N) is 1. The molecule has 0 spiro atoms. The first kappa shape index (κ1) is 18.5. The molecule has 2 rings (SSSR count). The van der Waals surface area contributed by atoms with Crippen LogP contribution in [0.2, 0.25) is 0 Å². The number of rotatable bonds is 10. The lowest BCUT2D eigenvalue weighted by atomic mass is 10.3. The van der Waals surface area contributed by atoms with E-state index >= 15 is 0 Å². The Morgan fingerprint density at radius 1 is 1.17 bits per heavy atom. The Bertz CT molecular complexity index is 473. The quantitative estimate of drug-likeness (QED) is 0.631. The standard InChI is InChI=1S/C18H29N3O3/c1-2-14-23-16-4-6-17(7-5-16)24-15-18(22)20-8-3-11-21-12-9-19-10-13-21/h4-7,19H,2-3,8-15H2,1H3,(H,20,22). The van der Waals surface area contributed by atoms with Crippen LogP contribution >= 0.6 is 0 Å². The number of hydrogen-bond acceptors (Lipinski definition) is 5. The SMILES string of the molecule is CCCOc1ccc(OCC(=O)NCCCN2CCNCC2)cc1. The molecule has 1 aliphatic heterocycles. The third-order valence-electron chi connectivity index (χ3n) is 3.85. The van der Waals surface area contributed by atoms with E-state index in [9.17, 15) is 4.79 Å². The van der Waals surface area contributed by atoms with Gasteiger partial charge in [-0.05, 0) is 43.7 Å². The first-order valence-corrected chi connectivity index (χ1v) is 8.83. The van der Waals surface area contributed by atoms with Crippen molar-refractivity contribution in [3.8, 4) is 11.5 Å². The van der Waals surface area contributed by atoms with Gasteiger partial charge < -0.3 is 25.0 Å². The number of piperazine rings is 1. The van der Waals surface area contributed by atoms with Crippen molar-refractivity contribution in [1.82, 2.24) is 15.5 Å². The Balaban J connectivity index is 1.55. The Labute approximate surface area is 144 Å². The minimum absolute atomic E-state index is 0.0444. The van der Waals surface area contributed by atoms with Crippen LogP contribution in [0.4, 0.5) is 0 Å². The third-order valence-corrected chi connectivity index (χ3v) is 3.85. The largest absolute Gasteiger partial charge is 0.494 e. The number of ether oxygens (including phenoxy) is 2. The molecule has 0 radical (unpaired) electrons. The van der Waals surface area contributed by atoms with Gasteiger partial charge in [0, 0.05) is 32.7 Å². The summed E-state index contributed by atoms with van der Waals surface area (Å²) >= 11 is 0. The van der Waals surface area contributed by atoms with Crippen LogP contribution in [-0.2, 0) is 4.79 Å². The summed E-state index contributed by atoms with van der Waals surface area (Å²) in [6, 6.07) is 7.36. The van der Waals surface area contributed by atoms with Gasteiger partial charge in [0.25, 0.3) is 5.91 Å². The molecule has 1 aromatic rings. The number of benzene rings is 1. The number of hydrogen-bond donors (Lipinski definition) is 2. The Hall–Kier alpha value is -1.79. The van der Waals surface area contributed by atoms with E-state index in [-0.39, 0.29) is 12.5 Å². The van der Waals surface area contributed by atoms with Crippen LogP contribution in [0.25, 0.3) is 0 Å². The number of carbonyl (C=O) groups is 1. The zero-order chi connectivity index (χ0) is 17.0. The van der Waals surface area contributed by atoms with Gasteiger partial charge in [0.2, 0.25) is 0 Å². The molecule has 1 heterocycles. The lowest BCUT2D eigenvalue weighted by molar-refractivity contribution is -0.123. The van der Waals surface area contributed by atoms with Gasteiger partial charge in [0.1, 0.15) is 11.5 Å². The molecule has 2 N–H and O–H groups in total. The van der Waals surface area contributed by atoms with Crippen molar-refractivity contribution < 1.29 is 14.3 Å². The highest BCUT2D eigenvalue weighted by Gasteiger charge is 2.09. The third kappa shape index (κ3) is 7.19. The molecule has 6 heteroatoms. The topological polar surface area (TPSA) is 62.8 Å². The molecule has 1 aromatic carbocycles. The molecule has 1 fully saturated rings. The van der Waals surface area contributed by atoms with Gasteiger partial charge in [-0.3, -0.25) is 4.79 Å². The first-order chi connectivity index (χ1) is 11.8. The van der Waals surface area contributed by atoms with Crippen LogP contribution in [0.5, 0.6) is 11.5 Å². The Morgan fingerprint density at radius 2 is 1.83 bits per heavy atom.